The summed E-state index contributed by atoms with van der Waals surface area (Å²) in [5.41, 5.74) is -0.438. The van der Waals surface area contributed by atoms with E-state index in [-0.39, 0.29) is 5.91 Å². The van der Waals surface area contributed by atoms with Crippen LogP contribution >= 0.6 is 0 Å². The van der Waals surface area contributed by atoms with Gasteiger partial charge in [-0.25, -0.2) is 0 Å². The lowest BCUT2D eigenvalue weighted by molar-refractivity contribution is -0.121. The Bertz CT molecular complexity index is 264. The number of carbonyl (C=O) groups excluding carboxylic acids is 1. The minimum Gasteiger partial charge on any atom is -0.415 e. The fourth-order valence-corrected chi connectivity index (χ4v) is 2.79. The summed E-state index contributed by atoms with van der Waals surface area (Å²) in [6.07, 6.45) is 0. The van der Waals surface area contributed by atoms with Crippen molar-refractivity contribution in [2.24, 2.45) is 0 Å². The highest BCUT2D eigenvalue weighted by Gasteiger charge is 2.31. The lowest BCUT2D eigenvalue weighted by Crippen LogP contribution is -2.55. The van der Waals surface area contributed by atoms with Crippen LogP contribution in [0.15, 0.2) is 0 Å². The van der Waals surface area contributed by atoms with Crippen LogP contribution in [0.4, 0.5) is 0 Å². The third kappa shape index (κ3) is 9.81. The van der Waals surface area contributed by atoms with Gasteiger partial charge in [0.25, 0.3) is 0 Å². The van der Waals surface area contributed by atoms with Gasteiger partial charge in [0.05, 0.1) is 18.8 Å². The van der Waals surface area contributed by atoms with Crippen LogP contribution in [0.3, 0.4) is 0 Å². The van der Waals surface area contributed by atoms with Gasteiger partial charge in [0.2, 0.25) is 5.91 Å². The van der Waals surface area contributed by atoms with E-state index in [2.05, 4.69) is 44.6 Å². The molecule has 0 aromatic carbocycles. The summed E-state index contributed by atoms with van der Waals surface area (Å²) in [5.74, 6) is -0.0455. The normalized spacial score (nSPS) is 13.6. The second-order valence-corrected chi connectivity index (χ2v) is 16.1. The molecule has 0 radical (unpaired) electrons. The van der Waals surface area contributed by atoms with Crippen LogP contribution in [0.5, 0.6) is 0 Å². The third-order valence-electron chi connectivity index (χ3n) is 2.13. The molecule has 0 rings (SSSR count). The van der Waals surface area contributed by atoms with Crippen LogP contribution in [-0.4, -0.2) is 41.3 Å². The summed E-state index contributed by atoms with van der Waals surface area (Å²) in [6.45, 7) is 17.4. The fourth-order valence-electron chi connectivity index (χ4n) is 1.29. The molecule has 0 unspecified atom stereocenters. The van der Waals surface area contributed by atoms with E-state index in [9.17, 15) is 4.79 Å². The van der Waals surface area contributed by atoms with Gasteiger partial charge in [-0.2, -0.15) is 0 Å². The second-order valence-electron chi connectivity index (χ2n) is 7.04. The van der Waals surface area contributed by atoms with E-state index in [0.717, 1.165) is 0 Å². The fraction of sp³-hybridized carbons (Fsp3) is 0.917. The van der Waals surface area contributed by atoms with Gasteiger partial charge < -0.3 is 14.2 Å². The number of hydrogen-bond acceptors (Lipinski definition) is 3. The molecule has 6 heteroatoms. The van der Waals surface area contributed by atoms with E-state index < -0.39 is 22.2 Å². The van der Waals surface area contributed by atoms with Gasteiger partial charge in [-0.05, 0) is 46.2 Å². The van der Waals surface area contributed by atoms with Gasteiger partial charge in [-0.15, -0.1) is 0 Å². The predicted octanol–water partition coefficient (Wildman–Crippen LogP) is 2.58. The van der Waals surface area contributed by atoms with Crippen LogP contribution < -0.4 is 5.32 Å². The summed E-state index contributed by atoms with van der Waals surface area (Å²) in [4.78, 5) is 11.3. The van der Waals surface area contributed by atoms with E-state index in [1.54, 1.807) is 0 Å². The van der Waals surface area contributed by atoms with Crippen molar-refractivity contribution in [1.82, 2.24) is 5.32 Å². The average molecular weight is 292 g/mol. The molecule has 0 atom stereocenters. The van der Waals surface area contributed by atoms with Crippen LogP contribution in [0.2, 0.25) is 39.3 Å². The Hall–Kier alpha value is -0.176. The first-order chi connectivity index (χ1) is 7.83. The molecule has 0 fully saturated rings. The number of amides is 1. The molecule has 0 aliphatic heterocycles. The van der Waals surface area contributed by atoms with Crippen LogP contribution in [0.1, 0.15) is 13.8 Å². The van der Waals surface area contributed by atoms with Gasteiger partial charge >= 0.3 is 0 Å². The van der Waals surface area contributed by atoms with Crippen LogP contribution in [-0.2, 0) is 13.6 Å². The van der Waals surface area contributed by atoms with Crippen LogP contribution in [0, 0.1) is 0 Å². The van der Waals surface area contributed by atoms with Crippen LogP contribution in [0.25, 0.3) is 0 Å². The maximum Gasteiger partial charge on any atom is 0.217 e. The van der Waals surface area contributed by atoms with Crippen molar-refractivity contribution in [3.8, 4) is 0 Å². The predicted molar refractivity (Wildman–Crippen MR) is 80.8 cm³/mol. The minimum absolute atomic E-state index is 0.0455. The Kier molecular flexibility index (Phi) is 6.26. The van der Waals surface area contributed by atoms with E-state index in [0.29, 0.717) is 13.2 Å². The first-order valence-corrected chi connectivity index (χ1v) is 13.2. The summed E-state index contributed by atoms with van der Waals surface area (Å²) in [7, 11) is -3.18. The van der Waals surface area contributed by atoms with Crippen molar-refractivity contribution in [2.75, 3.05) is 13.2 Å². The number of nitrogens with one attached hydrogen (secondary N) is 1. The Labute approximate surface area is 114 Å². The molecule has 0 bridgehead atoms. The van der Waals surface area contributed by atoms with E-state index in [4.69, 9.17) is 8.85 Å². The van der Waals surface area contributed by atoms with Gasteiger partial charge in [0, 0.05) is 6.92 Å². The van der Waals surface area contributed by atoms with Crippen molar-refractivity contribution in [2.45, 2.75) is 58.7 Å². The first kappa shape index (κ1) is 17.8. The maximum absolute atomic E-state index is 11.3. The maximum atomic E-state index is 11.3. The Morgan fingerprint density at radius 1 is 1.00 bits per heavy atom. The van der Waals surface area contributed by atoms with Gasteiger partial charge in [-0.3, -0.25) is 4.79 Å². The minimum atomic E-state index is -1.59. The molecule has 0 spiro atoms. The Balaban J connectivity index is 4.57. The van der Waals surface area contributed by atoms with Crippen molar-refractivity contribution >= 4 is 22.5 Å². The van der Waals surface area contributed by atoms with Gasteiger partial charge in [-0.1, -0.05) is 0 Å². The van der Waals surface area contributed by atoms with Gasteiger partial charge in [0.15, 0.2) is 16.6 Å². The average Bonchev–Trinajstić information content (AvgIpc) is 2.09. The molecule has 4 nitrogen and oxygen atoms in total. The largest absolute Gasteiger partial charge is 0.415 e. The second kappa shape index (κ2) is 6.32. The highest BCUT2D eigenvalue weighted by atomic mass is 28.4. The molecule has 0 heterocycles. The lowest BCUT2D eigenvalue weighted by Gasteiger charge is -2.35. The van der Waals surface area contributed by atoms with Crippen molar-refractivity contribution in [3.63, 3.8) is 0 Å². The molecule has 0 saturated heterocycles. The number of carbonyl (C=O) groups is 1. The SMILES string of the molecule is CC(=O)NC(C)(CO[Si](C)(C)C)CO[Si](C)(C)C. The molecule has 0 aliphatic rings. The number of hydrogen-bond donors (Lipinski definition) is 1. The quantitative estimate of drug-likeness (QED) is 0.733. The van der Waals surface area contributed by atoms with E-state index in [1.165, 1.54) is 6.92 Å². The lowest BCUT2D eigenvalue weighted by atomic mass is 10.1. The Morgan fingerprint density at radius 2 is 1.33 bits per heavy atom. The molecular formula is C12H29NO3Si2. The summed E-state index contributed by atoms with van der Waals surface area (Å²) < 4.78 is 11.8. The number of rotatable bonds is 7. The Morgan fingerprint density at radius 3 is 1.56 bits per heavy atom. The van der Waals surface area contributed by atoms with Crippen molar-refractivity contribution < 1.29 is 13.6 Å². The summed E-state index contributed by atoms with van der Waals surface area (Å²) >= 11 is 0. The third-order valence-corrected chi connectivity index (χ3v) is 4.15. The van der Waals surface area contributed by atoms with Crippen molar-refractivity contribution in [1.29, 1.82) is 0 Å². The van der Waals surface area contributed by atoms with E-state index >= 15 is 0 Å². The first-order valence-electron chi connectivity index (χ1n) is 6.40. The molecule has 1 N–H and O–H groups in total. The zero-order valence-corrected chi connectivity index (χ0v) is 15.1. The molecule has 1 amide bonds. The molecule has 0 aromatic rings. The molecule has 0 saturated carbocycles. The highest BCUT2D eigenvalue weighted by molar-refractivity contribution is 6.70. The van der Waals surface area contributed by atoms with E-state index in [1.807, 2.05) is 6.92 Å². The molecular weight excluding hydrogens is 262 g/mol. The topological polar surface area (TPSA) is 47.6 Å². The summed E-state index contributed by atoms with van der Waals surface area (Å²) in [5, 5.41) is 2.96. The van der Waals surface area contributed by atoms with Gasteiger partial charge in [0.1, 0.15) is 0 Å². The zero-order chi connectivity index (χ0) is 14.6. The highest BCUT2D eigenvalue weighted by Crippen LogP contribution is 2.14. The molecule has 18 heavy (non-hydrogen) atoms. The molecule has 0 aliphatic carbocycles. The standard InChI is InChI=1S/C12H29NO3Si2/c1-11(14)13-12(2,9-15-17(3,4)5)10-16-18(6,7)8/h9-10H2,1-8H3,(H,13,14). The summed E-state index contributed by atoms with van der Waals surface area (Å²) in [6, 6.07) is 0. The zero-order valence-electron chi connectivity index (χ0n) is 13.1. The smallest absolute Gasteiger partial charge is 0.217 e. The van der Waals surface area contributed by atoms with Crippen molar-refractivity contribution in [3.05, 3.63) is 0 Å². The molecule has 0 aromatic heterocycles. The monoisotopic (exact) mass is 291 g/mol. The molecule has 108 valence electrons.